The second kappa shape index (κ2) is 5.54. The van der Waals surface area contributed by atoms with Gasteiger partial charge in [-0.3, -0.25) is 0 Å². The first-order valence-electron chi connectivity index (χ1n) is 5.56. The molecule has 17 heavy (non-hydrogen) atoms. The van der Waals surface area contributed by atoms with Crippen molar-refractivity contribution in [3.05, 3.63) is 24.7 Å². The summed E-state index contributed by atoms with van der Waals surface area (Å²) in [5.41, 5.74) is -0.648. The van der Waals surface area contributed by atoms with Crippen molar-refractivity contribution in [2.75, 3.05) is 0 Å². The molecule has 0 aromatic rings. The van der Waals surface area contributed by atoms with Crippen LogP contribution >= 0.6 is 11.6 Å². The van der Waals surface area contributed by atoms with Gasteiger partial charge in [-0.25, -0.2) is 9.38 Å². The lowest BCUT2D eigenvalue weighted by Gasteiger charge is -2.32. The monoisotopic (exact) mass is 259 g/mol. The molecule has 0 amide bonds. The fourth-order valence-electron chi connectivity index (χ4n) is 1.49. The van der Waals surface area contributed by atoms with Gasteiger partial charge < -0.3 is 10.6 Å². The van der Waals surface area contributed by atoms with Gasteiger partial charge in [-0.2, -0.15) is 0 Å². The maximum Gasteiger partial charge on any atom is 0.197 e. The lowest BCUT2D eigenvalue weighted by atomic mass is 9.84. The molecule has 0 bridgehead atoms. The van der Waals surface area contributed by atoms with E-state index in [1.54, 1.807) is 0 Å². The van der Waals surface area contributed by atoms with Crippen molar-refractivity contribution in [3.63, 3.8) is 0 Å². The summed E-state index contributed by atoms with van der Waals surface area (Å²) >= 11 is 5.78. The number of alkyl halides is 1. The second-order valence-corrected chi connectivity index (χ2v) is 5.47. The van der Waals surface area contributed by atoms with Crippen molar-refractivity contribution in [1.29, 1.82) is 0 Å². The van der Waals surface area contributed by atoms with Crippen molar-refractivity contribution < 1.29 is 4.39 Å². The van der Waals surface area contributed by atoms with Gasteiger partial charge in [0.15, 0.2) is 17.3 Å². The molecule has 0 aromatic carbocycles. The van der Waals surface area contributed by atoms with Crippen LogP contribution in [0.2, 0.25) is 0 Å². The largest absolute Gasteiger partial charge is 0.364 e. The molecule has 0 spiro atoms. The minimum atomic E-state index is -0.624. The third kappa shape index (κ3) is 4.04. The SMILES string of the molecule is C=CC[C@@H](NC1=NC(Cl)NC=C1F)C(C)(C)C. The fourth-order valence-corrected chi connectivity index (χ4v) is 1.65. The summed E-state index contributed by atoms with van der Waals surface area (Å²) in [6.07, 6.45) is 3.77. The van der Waals surface area contributed by atoms with Crippen molar-refractivity contribution in [2.24, 2.45) is 10.4 Å². The highest BCUT2D eigenvalue weighted by molar-refractivity contribution is 6.21. The van der Waals surface area contributed by atoms with Crippen molar-refractivity contribution in [3.8, 4) is 0 Å². The van der Waals surface area contributed by atoms with E-state index in [1.165, 1.54) is 6.20 Å². The van der Waals surface area contributed by atoms with E-state index in [2.05, 4.69) is 43.0 Å². The average molecular weight is 260 g/mol. The number of hydrogen-bond acceptors (Lipinski definition) is 3. The predicted molar refractivity (Wildman–Crippen MR) is 70.6 cm³/mol. The van der Waals surface area contributed by atoms with Crippen molar-refractivity contribution in [1.82, 2.24) is 10.6 Å². The minimum Gasteiger partial charge on any atom is -0.364 e. The Balaban J connectivity index is 2.80. The van der Waals surface area contributed by atoms with E-state index in [1.807, 2.05) is 6.08 Å². The number of hydrogen-bond donors (Lipinski definition) is 2. The Kier molecular flexibility index (Phi) is 4.57. The lowest BCUT2D eigenvalue weighted by Crippen LogP contribution is -2.45. The first kappa shape index (κ1) is 14.0. The van der Waals surface area contributed by atoms with Crippen LogP contribution in [0.3, 0.4) is 0 Å². The Morgan fingerprint density at radius 2 is 2.35 bits per heavy atom. The third-order valence-electron chi connectivity index (χ3n) is 2.57. The highest BCUT2D eigenvalue weighted by Crippen LogP contribution is 2.23. The molecular weight excluding hydrogens is 241 g/mol. The van der Waals surface area contributed by atoms with Crippen LogP contribution in [0.4, 0.5) is 4.39 Å². The van der Waals surface area contributed by atoms with Gasteiger partial charge in [0, 0.05) is 12.2 Å². The minimum absolute atomic E-state index is 0.0241. The van der Waals surface area contributed by atoms with E-state index in [0.29, 0.717) is 0 Å². The van der Waals surface area contributed by atoms with Gasteiger partial charge in [-0.15, -0.1) is 6.58 Å². The topological polar surface area (TPSA) is 36.4 Å². The standard InChI is InChI=1S/C12H19ClFN3/c1-5-6-9(12(2,3)4)16-10-8(14)7-15-11(13)17-10/h5,7,9,11,15H,1,6H2,2-4H3,(H,16,17)/t9-,11?/m1/s1. The molecule has 0 fully saturated rings. The molecule has 0 radical (unpaired) electrons. The molecule has 1 rings (SSSR count). The van der Waals surface area contributed by atoms with Gasteiger partial charge in [0.2, 0.25) is 0 Å². The Morgan fingerprint density at radius 1 is 1.71 bits per heavy atom. The molecule has 2 atom stereocenters. The van der Waals surface area contributed by atoms with Crippen molar-refractivity contribution >= 4 is 17.4 Å². The van der Waals surface area contributed by atoms with E-state index < -0.39 is 11.5 Å². The lowest BCUT2D eigenvalue weighted by molar-refractivity contribution is 0.297. The van der Waals surface area contributed by atoms with Crippen LogP contribution in [-0.4, -0.2) is 17.5 Å². The summed E-state index contributed by atoms with van der Waals surface area (Å²) in [7, 11) is 0. The molecule has 1 heterocycles. The Bertz CT molecular complexity index is 344. The summed E-state index contributed by atoms with van der Waals surface area (Å²) in [4.78, 5) is 3.98. The van der Waals surface area contributed by atoms with Gasteiger partial charge in [-0.1, -0.05) is 38.4 Å². The van der Waals surface area contributed by atoms with Gasteiger partial charge in [0.05, 0.1) is 0 Å². The van der Waals surface area contributed by atoms with E-state index >= 15 is 0 Å². The van der Waals surface area contributed by atoms with Crippen LogP contribution in [0.15, 0.2) is 29.7 Å². The molecule has 1 aliphatic rings. The highest BCUT2D eigenvalue weighted by Gasteiger charge is 2.26. The van der Waals surface area contributed by atoms with Crippen LogP contribution in [0.1, 0.15) is 27.2 Å². The summed E-state index contributed by atoms with van der Waals surface area (Å²) in [6.45, 7) is 9.95. The number of aliphatic imine (C=N–C) groups is 1. The van der Waals surface area contributed by atoms with Crippen LogP contribution < -0.4 is 10.6 Å². The molecule has 0 aromatic heterocycles. The molecule has 0 saturated carbocycles. The van der Waals surface area contributed by atoms with Crippen LogP contribution in [-0.2, 0) is 0 Å². The first-order valence-corrected chi connectivity index (χ1v) is 5.99. The smallest absolute Gasteiger partial charge is 0.197 e. The van der Waals surface area contributed by atoms with E-state index in [0.717, 1.165) is 6.42 Å². The Morgan fingerprint density at radius 3 is 2.88 bits per heavy atom. The Hall–Kier alpha value is -1.03. The maximum atomic E-state index is 13.5. The molecule has 5 heteroatoms. The van der Waals surface area contributed by atoms with Crippen molar-refractivity contribution in [2.45, 2.75) is 38.9 Å². The van der Waals surface area contributed by atoms with E-state index in [9.17, 15) is 4.39 Å². The quantitative estimate of drug-likeness (QED) is 0.465. The molecule has 1 unspecified atom stereocenters. The highest BCUT2D eigenvalue weighted by atomic mass is 35.5. The van der Waals surface area contributed by atoms with Gasteiger partial charge in [0.1, 0.15) is 0 Å². The fraction of sp³-hybridized carbons (Fsp3) is 0.583. The van der Waals surface area contributed by atoms with E-state index in [4.69, 9.17) is 11.6 Å². The summed E-state index contributed by atoms with van der Waals surface area (Å²) < 4.78 is 13.5. The Labute approximate surface area is 107 Å². The van der Waals surface area contributed by atoms with E-state index in [-0.39, 0.29) is 17.3 Å². The van der Waals surface area contributed by atoms with Gasteiger partial charge in [0.25, 0.3) is 0 Å². The number of amidine groups is 1. The summed E-state index contributed by atoms with van der Waals surface area (Å²) in [6, 6.07) is 0.0554. The van der Waals surface area contributed by atoms with Crippen LogP contribution in [0.25, 0.3) is 0 Å². The molecule has 2 N–H and O–H groups in total. The number of rotatable bonds is 3. The number of halogens is 2. The van der Waals surface area contributed by atoms with Crippen LogP contribution in [0.5, 0.6) is 0 Å². The van der Waals surface area contributed by atoms with Gasteiger partial charge >= 0.3 is 0 Å². The number of nitrogens with zero attached hydrogens (tertiary/aromatic N) is 1. The third-order valence-corrected chi connectivity index (χ3v) is 2.80. The summed E-state index contributed by atoms with van der Waals surface area (Å²) in [5.74, 6) is -0.231. The first-order chi connectivity index (χ1) is 7.84. The van der Waals surface area contributed by atoms with Gasteiger partial charge in [-0.05, 0) is 11.8 Å². The zero-order chi connectivity index (χ0) is 13.1. The second-order valence-electron chi connectivity index (χ2n) is 5.06. The summed E-state index contributed by atoms with van der Waals surface area (Å²) in [5, 5.41) is 5.67. The normalized spacial score (nSPS) is 22.1. The maximum absolute atomic E-state index is 13.5. The van der Waals surface area contributed by atoms with Crippen LogP contribution in [0, 0.1) is 5.41 Å². The molecule has 3 nitrogen and oxygen atoms in total. The average Bonchev–Trinajstić information content (AvgIpc) is 2.21. The molecule has 0 saturated heterocycles. The molecule has 0 aliphatic carbocycles. The predicted octanol–water partition coefficient (Wildman–Crippen LogP) is 2.90. The zero-order valence-corrected chi connectivity index (χ0v) is 11.2. The number of nitrogens with one attached hydrogen (secondary N) is 2. The molecule has 1 aliphatic heterocycles. The molecular formula is C12H19ClFN3. The molecule has 96 valence electrons. The zero-order valence-electron chi connectivity index (χ0n) is 10.4.